The summed E-state index contributed by atoms with van der Waals surface area (Å²) in [6, 6.07) is 0. The van der Waals surface area contributed by atoms with Gasteiger partial charge in [-0.15, -0.1) is 0 Å². The van der Waals surface area contributed by atoms with Gasteiger partial charge in [0.15, 0.2) is 0 Å². The van der Waals surface area contributed by atoms with E-state index in [2.05, 4.69) is 28.7 Å². The van der Waals surface area contributed by atoms with Gasteiger partial charge in [-0.1, -0.05) is 13.8 Å². The SMILES string of the molecule is C[C@@H]1C[C@@H](C)c2c1ncnc2N1CCN(C(=O)OC(C)(C)C)CC1. The highest BCUT2D eigenvalue weighted by Crippen LogP contribution is 2.43. The van der Waals surface area contributed by atoms with E-state index in [1.165, 1.54) is 11.3 Å². The van der Waals surface area contributed by atoms with Crippen LogP contribution in [0.15, 0.2) is 6.33 Å². The van der Waals surface area contributed by atoms with Gasteiger partial charge in [-0.2, -0.15) is 0 Å². The molecule has 1 fully saturated rings. The van der Waals surface area contributed by atoms with E-state index >= 15 is 0 Å². The topological polar surface area (TPSA) is 58.6 Å². The number of rotatable bonds is 1. The third-order valence-corrected chi connectivity index (χ3v) is 4.79. The van der Waals surface area contributed by atoms with E-state index in [1.54, 1.807) is 11.2 Å². The molecule has 1 aromatic rings. The standard InChI is InChI=1S/C18H28N4O2/c1-12-10-13(2)15-14(12)16(20-11-19-15)21-6-8-22(9-7-21)17(23)24-18(3,4)5/h11-13H,6-10H2,1-5H3/t12-,13-/m1/s1. The van der Waals surface area contributed by atoms with E-state index in [0.717, 1.165) is 25.3 Å². The van der Waals surface area contributed by atoms with Crippen LogP contribution in [0.25, 0.3) is 0 Å². The molecule has 24 heavy (non-hydrogen) atoms. The van der Waals surface area contributed by atoms with Gasteiger partial charge in [0.25, 0.3) is 0 Å². The van der Waals surface area contributed by atoms with Crippen molar-refractivity contribution in [2.75, 3.05) is 31.1 Å². The second kappa shape index (κ2) is 6.22. The Morgan fingerprint density at radius 1 is 1.12 bits per heavy atom. The maximum absolute atomic E-state index is 12.2. The quantitative estimate of drug-likeness (QED) is 0.791. The molecule has 1 aliphatic heterocycles. The third kappa shape index (κ3) is 3.32. The third-order valence-electron chi connectivity index (χ3n) is 4.79. The fraction of sp³-hybridized carbons (Fsp3) is 0.722. The van der Waals surface area contributed by atoms with Crippen LogP contribution in [0.4, 0.5) is 10.6 Å². The Morgan fingerprint density at radius 3 is 2.42 bits per heavy atom. The Morgan fingerprint density at radius 2 is 1.79 bits per heavy atom. The highest BCUT2D eigenvalue weighted by molar-refractivity contribution is 5.68. The Kier molecular flexibility index (Phi) is 4.40. The molecular weight excluding hydrogens is 304 g/mol. The molecule has 6 heteroatoms. The Labute approximate surface area is 144 Å². The molecule has 0 spiro atoms. The number of ether oxygens (including phenoxy) is 1. The molecule has 2 aliphatic rings. The van der Waals surface area contributed by atoms with E-state index in [0.29, 0.717) is 24.9 Å². The second-order valence-corrected chi connectivity index (χ2v) is 7.99. The lowest BCUT2D eigenvalue weighted by Crippen LogP contribution is -2.50. The van der Waals surface area contributed by atoms with Crippen molar-refractivity contribution in [3.63, 3.8) is 0 Å². The van der Waals surface area contributed by atoms with Crippen molar-refractivity contribution in [2.45, 2.75) is 58.5 Å². The number of aromatic nitrogens is 2. The van der Waals surface area contributed by atoms with Gasteiger partial charge in [-0.3, -0.25) is 0 Å². The number of carbonyl (C=O) groups excluding carboxylic acids is 1. The Bertz CT molecular complexity index is 618. The molecule has 0 aromatic carbocycles. The van der Waals surface area contributed by atoms with Crippen molar-refractivity contribution in [3.05, 3.63) is 17.6 Å². The van der Waals surface area contributed by atoms with Crippen LogP contribution in [0.2, 0.25) is 0 Å². The predicted octanol–water partition coefficient (Wildman–Crippen LogP) is 3.14. The molecule has 0 N–H and O–H groups in total. The number of nitrogens with zero attached hydrogens (tertiary/aromatic N) is 4. The van der Waals surface area contributed by atoms with Crippen molar-refractivity contribution in [1.29, 1.82) is 0 Å². The van der Waals surface area contributed by atoms with Crippen LogP contribution in [0.3, 0.4) is 0 Å². The summed E-state index contributed by atoms with van der Waals surface area (Å²) in [5.74, 6) is 2.05. The average Bonchev–Trinajstić information content (AvgIpc) is 2.81. The fourth-order valence-electron chi connectivity index (χ4n) is 3.70. The minimum Gasteiger partial charge on any atom is -0.444 e. The minimum absolute atomic E-state index is 0.225. The molecule has 1 saturated heterocycles. The zero-order valence-electron chi connectivity index (χ0n) is 15.4. The first-order valence-electron chi connectivity index (χ1n) is 8.84. The maximum Gasteiger partial charge on any atom is 0.410 e. The summed E-state index contributed by atoms with van der Waals surface area (Å²) in [6.07, 6.45) is 2.60. The number of fused-ring (bicyclic) bond motifs is 1. The largest absolute Gasteiger partial charge is 0.444 e. The number of hydrogen-bond donors (Lipinski definition) is 0. The molecule has 0 radical (unpaired) electrons. The molecule has 3 rings (SSSR count). The van der Waals surface area contributed by atoms with Crippen LogP contribution in [0.1, 0.15) is 64.1 Å². The van der Waals surface area contributed by atoms with Crippen molar-refractivity contribution in [2.24, 2.45) is 0 Å². The zero-order valence-corrected chi connectivity index (χ0v) is 15.4. The first-order chi connectivity index (χ1) is 11.3. The normalized spacial score (nSPS) is 24.0. The summed E-state index contributed by atoms with van der Waals surface area (Å²) in [4.78, 5) is 25.3. The van der Waals surface area contributed by atoms with Crippen LogP contribution >= 0.6 is 0 Å². The van der Waals surface area contributed by atoms with E-state index in [1.807, 2.05) is 20.8 Å². The molecule has 1 aliphatic carbocycles. The molecule has 0 saturated carbocycles. The summed E-state index contributed by atoms with van der Waals surface area (Å²) in [5.41, 5.74) is 2.05. The molecule has 2 atom stereocenters. The Hall–Kier alpha value is -1.85. The van der Waals surface area contributed by atoms with Gasteiger partial charge >= 0.3 is 6.09 Å². The minimum atomic E-state index is -0.451. The molecule has 0 unspecified atom stereocenters. The van der Waals surface area contributed by atoms with E-state index in [4.69, 9.17) is 4.74 Å². The smallest absolute Gasteiger partial charge is 0.410 e. The van der Waals surface area contributed by atoms with Gasteiger partial charge in [-0.05, 0) is 39.0 Å². The molecule has 2 heterocycles. The molecule has 6 nitrogen and oxygen atoms in total. The molecule has 132 valence electrons. The maximum atomic E-state index is 12.2. The average molecular weight is 332 g/mol. The predicted molar refractivity (Wildman–Crippen MR) is 93.5 cm³/mol. The van der Waals surface area contributed by atoms with Gasteiger partial charge < -0.3 is 14.5 Å². The highest BCUT2D eigenvalue weighted by atomic mass is 16.6. The summed E-state index contributed by atoms with van der Waals surface area (Å²) in [7, 11) is 0. The van der Waals surface area contributed by atoms with Crippen LogP contribution < -0.4 is 4.90 Å². The second-order valence-electron chi connectivity index (χ2n) is 7.99. The van der Waals surface area contributed by atoms with Crippen LogP contribution in [0, 0.1) is 0 Å². The lowest BCUT2D eigenvalue weighted by Gasteiger charge is -2.37. The first-order valence-corrected chi connectivity index (χ1v) is 8.84. The van der Waals surface area contributed by atoms with Crippen molar-refractivity contribution in [1.82, 2.24) is 14.9 Å². The van der Waals surface area contributed by atoms with Gasteiger partial charge in [0.1, 0.15) is 17.7 Å². The van der Waals surface area contributed by atoms with Gasteiger partial charge in [0.05, 0.1) is 5.69 Å². The van der Waals surface area contributed by atoms with Crippen LogP contribution in [0.5, 0.6) is 0 Å². The first kappa shape index (κ1) is 17.0. The monoisotopic (exact) mass is 332 g/mol. The fourth-order valence-corrected chi connectivity index (χ4v) is 3.70. The summed E-state index contributed by atoms with van der Waals surface area (Å²) < 4.78 is 5.47. The van der Waals surface area contributed by atoms with Crippen molar-refractivity contribution < 1.29 is 9.53 Å². The lowest BCUT2D eigenvalue weighted by atomic mass is 10.0. The number of amides is 1. The Balaban J connectivity index is 1.69. The zero-order chi connectivity index (χ0) is 17.5. The number of carbonyl (C=O) groups is 1. The number of hydrogen-bond acceptors (Lipinski definition) is 5. The van der Waals surface area contributed by atoms with Crippen LogP contribution in [-0.4, -0.2) is 52.7 Å². The molecule has 0 bridgehead atoms. The molecule has 1 aromatic heterocycles. The molecular formula is C18H28N4O2. The van der Waals surface area contributed by atoms with Gasteiger partial charge in [-0.25, -0.2) is 14.8 Å². The number of anilines is 1. The van der Waals surface area contributed by atoms with E-state index < -0.39 is 5.60 Å². The molecule has 1 amide bonds. The lowest BCUT2D eigenvalue weighted by molar-refractivity contribution is 0.0240. The van der Waals surface area contributed by atoms with Gasteiger partial charge in [0, 0.05) is 31.7 Å². The van der Waals surface area contributed by atoms with Crippen molar-refractivity contribution in [3.8, 4) is 0 Å². The van der Waals surface area contributed by atoms with E-state index in [9.17, 15) is 4.79 Å². The summed E-state index contributed by atoms with van der Waals surface area (Å²) >= 11 is 0. The van der Waals surface area contributed by atoms with Crippen molar-refractivity contribution >= 4 is 11.9 Å². The summed E-state index contributed by atoms with van der Waals surface area (Å²) in [6.45, 7) is 13.1. The number of piperazine rings is 1. The highest BCUT2D eigenvalue weighted by Gasteiger charge is 2.33. The summed E-state index contributed by atoms with van der Waals surface area (Å²) in [5, 5.41) is 0. The van der Waals surface area contributed by atoms with Crippen LogP contribution in [-0.2, 0) is 4.74 Å². The van der Waals surface area contributed by atoms with E-state index in [-0.39, 0.29) is 6.09 Å². The van der Waals surface area contributed by atoms with Gasteiger partial charge in [0.2, 0.25) is 0 Å².